The summed E-state index contributed by atoms with van der Waals surface area (Å²) in [5.41, 5.74) is 3.90. The Morgan fingerprint density at radius 3 is 2.26 bits per heavy atom. The third kappa shape index (κ3) is 18.8. The Morgan fingerprint density at radius 2 is 1.64 bits per heavy atom. The lowest BCUT2D eigenvalue weighted by Crippen LogP contribution is -2.53. The highest BCUT2D eigenvalue weighted by molar-refractivity contribution is 8.77. The second-order valence-corrected chi connectivity index (χ2v) is 15.7. The van der Waals surface area contributed by atoms with Crippen molar-refractivity contribution in [3.8, 4) is 0 Å². The van der Waals surface area contributed by atoms with Gasteiger partial charge in [0.1, 0.15) is 11.6 Å². The Kier molecular flexibility index (Phi) is 17.2. The van der Waals surface area contributed by atoms with Crippen molar-refractivity contribution in [3.05, 3.63) is 0 Å². The standard InChI is InChI=1S/C29H55N5O6S2/c1-27(2,3)40-26(38)33-22(20-24(36)34-28(4,5)14-18-39-29(6,7)13-15-30)25(37)32-17-16-31-23(35)11-9-8-10-21-12-19-41-42-21/h21-22H,8-20,30H2,1-7H3,(H,31,35)(H,32,37)(H,33,38)(H,34,36)/t21?,22-/m0/s1. The summed E-state index contributed by atoms with van der Waals surface area (Å²) in [5, 5.41) is 11.7. The van der Waals surface area contributed by atoms with Gasteiger partial charge in [-0.3, -0.25) is 14.4 Å². The number of nitrogens with two attached hydrogens (primary N) is 1. The number of unbranched alkanes of at least 4 members (excludes halogenated alkanes) is 1. The van der Waals surface area contributed by atoms with Gasteiger partial charge < -0.3 is 36.5 Å². The molecule has 244 valence electrons. The topological polar surface area (TPSA) is 161 Å². The molecule has 1 aliphatic heterocycles. The molecular weight excluding hydrogens is 578 g/mol. The third-order valence-corrected chi connectivity index (χ3v) is 9.50. The molecule has 2 atom stereocenters. The summed E-state index contributed by atoms with van der Waals surface area (Å²) in [5.74, 6) is 0.211. The van der Waals surface area contributed by atoms with Crippen LogP contribution in [-0.4, -0.2) is 83.8 Å². The monoisotopic (exact) mass is 633 g/mol. The van der Waals surface area contributed by atoms with E-state index in [0.29, 0.717) is 31.2 Å². The number of amides is 4. The Morgan fingerprint density at radius 1 is 0.952 bits per heavy atom. The molecule has 0 aliphatic carbocycles. The lowest BCUT2D eigenvalue weighted by atomic mass is 9.99. The molecule has 0 bridgehead atoms. The molecular formula is C29H55N5O6S2. The molecule has 6 N–H and O–H groups in total. The van der Waals surface area contributed by atoms with Crippen molar-refractivity contribution in [2.45, 2.75) is 128 Å². The van der Waals surface area contributed by atoms with Crippen molar-refractivity contribution < 1.29 is 28.7 Å². The number of alkyl carbamates (subject to hydrolysis) is 1. The van der Waals surface area contributed by atoms with Crippen LogP contribution in [0.5, 0.6) is 0 Å². The van der Waals surface area contributed by atoms with Gasteiger partial charge in [-0.25, -0.2) is 4.79 Å². The third-order valence-electron chi connectivity index (χ3n) is 6.49. The van der Waals surface area contributed by atoms with Crippen LogP contribution in [0.2, 0.25) is 0 Å². The van der Waals surface area contributed by atoms with Crippen LogP contribution in [0.1, 0.15) is 99.8 Å². The number of ether oxygens (including phenoxy) is 2. The zero-order valence-electron chi connectivity index (χ0n) is 26.7. The van der Waals surface area contributed by atoms with Crippen molar-refractivity contribution in [2.75, 3.05) is 32.0 Å². The highest BCUT2D eigenvalue weighted by Gasteiger charge is 2.29. The first-order valence-corrected chi connectivity index (χ1v) is 17.4. The summed E-state index contributed by atoms with van der Waals surface area (Å²) < 4.78 is 11.2. The quantitative estimate of drug-likeness (QED) is 0.106. The molecule has 1 unspecified atom stereocenters. The van der Waals surface area contributed by atoms with Gasteiger partial charge in [0.2, 0.25) is 17.7 Å². The minimum atomic E-state index is -1.15. The molecule has 1 fully saturated rings. The van der Waals surface area contributed by atoms with Gasteiger partial charge in [-0.1, -0.05) is 28.0 Å². The molecule has 0 radical (unpaired) electrons. The second kappa shape index (κ2) is 18.9. The maximum absolute atomic E-state index is 13.0. The van der Waals surface area contributed by atoms with E-state index in [2.05, 4.69) is 21.3 Å². The second-order valence-electron chi connectivity index (χ2n) is 12.9. The molecule has 1 rings (SSSR count). The van der Waals surface area contributed by atoms with Gasteiger partial charge in [-0.15, -0.1) is 0 Å². The highest BCUT2D eigenvalue weighted by Crippen LogP contribution is 2.39. The predicted molar refractivity (Wildman–Crippen MR) is 171 cm³/mol. The van der Waals surface area contributed by atoms with Gasteiger partial charge in [0.15, 0.2) is 0 Å². The van der Waals surface area contributed by atoms with Crippen LogP contribution in [0.15, 0.2) is 0 Å². The summed E-state index contributed by atoms with van der Waals surface area (Å²) in [6.45, 7) is 14.2. The Bertz CT molecular complexity index is 860. The van der Waals surface area contributed by atoms with Crippen LogP contribution in [-0.2, 0) is 23.9 Å². The van der Waals surface area contributed by atoms with E-state index in [1.165, 1.54) is 12.2 Å². The molecule has 4 amide bonds. The number of hydrogen-bond donors (Lipinski definition) is 5. The van der Waals surface area contributed by atoms with Crippen molar-refractivity contribution in [1.29, 1.82) is 0 Å². The molecule has 0 saturated carbocycles. The Hall–Kier alpha value is -1.70. The number of hydrogen-bond acceptors (Lipinski definition) is 9. The number of rotatable bonds is 19. The van der Waals surface area contributed by atoms with E-state index in [9.17, 15) is 19.2 Å². The van der Waals surface area contributed by atoms with Crippen LogP contribution in [0, 0.1) is 0 Å². The van der Waals surface area contributed by atoms with Gasteiger partial charge in [0.25, 0.3) is 0 Å². The van der Waals surface area contributed by atoms with Gasteiger partial charge in [-0.2, -0.15) is 0 Å². The van der Waals surface area contributed by atoms with Crippen molar-refractivity contribution in [1.82, 2.24) is 21.3 Å². The molecule has 1 heterocycles. The largest absolute Gasteiger partial charge is 0.444 e. The zero-order chi connectivity index (χ0) is 31.8. The fourth-order valence-corrected chi connectivity index (χ4v) is 7.19. The van der Waals surface area contributed by atoms with E-state index in [1.807, 2.05) is 49.3 Å². The molecule has 13 heteroatoms. The lowest BCUT2D eigenvalue weighted by molar-refractivity contribution is -0.129. The van der Waals surface area contributed by atoms with Gasteiger partial charge in [-0.05, 0) is 87.1 Å². The average Bonchev–Trinajstić information content (AvgIpc) is 3.35. The molecule has 42 heavy (non-hydrogen) atoms. The van der Waals surface area contributed by atoms with Gasteiger partial charge >= 0.3 is 6.09 Å². The summed E-state index contributed by atoms with van der Waals surface area (Å²) in [6, 6.07) is -1.15. The van der Waals surface area contributed by atoms with E-state index < -0.39 is 35.1 Å². The molecule has 1 saturated heterocycles. The minimum absolute atomic E-state index is 0.0573. The maximum atomic E-state index is 13.0. The van der Waals surface area contributed by atoms with Crippen LogP contribution >= 0.6 is 21.6 Å². The molecule has 0 spiro atoms. The van der Waals surface area contributed by atoms with Crippen molar-refractivity contribution in [2.24, 2.45) is 5.73 Å². The highest BCUT2D eigenvalue weighted by atomic mass is 33.1. The normalized spacial score (nSPS) is 16.4. The average molecular weight is 634 g/mol. The van der Waals surface area contributed by atoms with E-state index in [1.54, 1.807) is 20.8 Å². The van der Waals surface area contributed by atoms with Crippen LogP contribution in [0.25, 0.3) is 0 Å². The van der Waals surface area contributed by atoms with E-state index in [4.69, 9.17) is 15.2 Å². The zero-order valence-corrected chi connectivity index (χ0v) is 28.3. The summed E-state index contributed by atoms with van der Waals surface area (Å²) in [7, 11) is 3.87. The van der Waals surface area contributed by atoms with E-state index in [-0.39, 0.29) is 31.0 Å². The van der Waals surface area contributed by atoms with Gasteiger partial charge in [0.05, 0.1) is 12.0 Å². The number of carbonyl (C=O) groups excluding carboxylic acids is 4. The van der Waals surface area contributed by atoms with E-state index in [0.717, 1.165) is 25.7 Å². The van der Waals surface area contributed by atoms with E-state index >= 15 is 0 Å². The summed E-state index contributed by atoms with van der Waals surface area (Å²) in [6.07, 6.45) is 4.88. The van der Waals surface area contributed by atoms with Crippen molar-refractivity contribution >= 4 is 45.4 Å². The molecule has 0 aromatic rings. The molecule has 1 aliphatic rings. The number of nitrogens with one attached hydrogen (secondary N) is 4. The first-order valence-electron chi connectivity index (χ1n) is 15.0. The SMILES string of the molecule is CC(C)(CCOC(C)(C)CCN)NC(=O)C[C@H](NC(=O)OC(C)(C)C)C(=O)NCCNC(=O)CCCCC1CCSS1. The molecule has 0 aromatic carbocycles. The maximum Gasteiger partial charge on any atom is 0.408 e. The summed E-state index contributed by atoms with van der Waals surface area (Å²) in [4.78, 5) is 50.5. The Labute approximate surface area is 260 Å². The fourth-order valence-electron chi connectivity index (χ4n) is 4.16. The van der Waals surface area contributed by atoms with Crippen LogP contribution in [0.3, 0.4) is 0 Å². The molecule has 11 nitrogen and oxygen atoms in total. The smallest absolute Gasteiger partial charge is 0.408 e. The van der Waals surface area contributed by atoms with Crippen molar-refractivity contribution in [3.63, 3.8) is 0 Å². The van der Waals surface area contributed by atoms with Crippen LogP contribution < -0.4 is 27.0 Å². The minimum Gasteiger partial charge on any atom is -0.444 e. The lowest BCUT2D eigenvalue weighted by Gasteiger charge is -2.30. The predicted octanol–water partition coefficient (Wildman–Crippen LogP) is 3.65. The Balaban J connectivity index is 2.55. The van der Waals surface area contributed by atoms with Gasteiger partial charge in [0, 0.05) is 42.7 Å². The first-order chi connectivity index (χ1) is 19.5. The summed E-state index contributed by atoms with van der Waals surface area (Å²) >= 11 is 0. The first kappa shape index (κ1) is 38.3. The fraction of sp³-hybridized carbons (Fsp3) is 0.862. The number of carbonyl (C=O) groups is 4. The van der Waals surface area contributed by atoms with Crippen LogP contribution in [0.4, 0.5) is 4.79 Å². The molecule has 0 aromatic heterocycles.